The number of anilines is 1. The number of piperidine rings is 1. The first kappa shape index (κ1) is 17.7. The highest BCUT2D eigenvalue weighted by atomic mass is 32.2. The number of likely N-dealkylation sites (tertiary alicyclic amines) is 1. The molecular weight excluding hydrogens is 318 g/mol. The molecule has 7 nitrogen and oxygen atoms in total. The van der Waals surface area contributed by atoms with Crippen molar-refractivity contribution < 1.29 is 13.3 Å². The molecule has 0 N–H and O–H groups in total. The van der Waals surface area contributed by atoms with Gasteiger partial charge in [0.1, 0.15) is 0 Å². The fourth-order valence-electron chi connectivity index (χ4n) is 3.14. The quantitative estimate of drug-likeness (QED) is 0.599. The topological polar surface area (TPSA) is 83.8 Å². The molecule has 1 atom stereocenters. The summed E-state index contributed by atoms with van der Waals surface area (Å²) in [5.74, 6) is 0.460. The molecule has 0 bridgehead atoms. The van der Waals surface area contributed by atoms with Crippen LogP contribution in [0.25, 0.3) is 0 Å². The van der Waals surface area contributed by atoms with Crippen LogP contribution < -0.4 is 4.90 Å². The molecule has 8 heteroatoms. The number of sulfone groups is 1. The molecule has 0 spiro atoms. The van der Waals surface area contributed by atoms with Gasteiger partial charge >= 0.3 is 0 Å². The molecule has 1 aliphatic heterocycles. The minimum absolute atomic E-state index is 0.0124. The third-order valence-corrected chi connectivity index (χ3v) is 5.35. The molecule has 1 fully saturated rings. The van der Waals surface area contributed by atoms with E-state index in [1.165, 1.54) is 12.1 Å². The van der Waals surface area contributed by atoms with Gasteiger partial charge in [-0.2, -0.15) is 0 Å². The van der Waals surface area contributed by atoms with Gasteiger partial charge in [0, 0.05) is 38.5 Å². The van der Waals surface area contributed by atoms with Gasteiger partial charge in [-0.05, 0) is 38.4 Å². The van der Waals surface area contributed by atoms with Crippen molar-refractivity contribution in [2.24, 2.45) is 5.92 Å². The molecule has 23 heavy (non-hydrogen) atoms. The fourth-order valence-corrected chi connectivity index (χ4v) is 4.08. The van der Waals surface area contributed by atoms with Crippen LogP contribution in [0.3, 0.4) is 0 Å². The average Bonchev–Trinajstić information content (AvgIpc) is 2.45. The maximum absolute atomic E-state index is 12.0. The molecule has 0 aliphatic carbocycles. The van der Waals surface area contributed by atoms with Gasteiger partial charge in [-0.15, -0.1) is 0 Å². The zero-order valence-electron chi connectivity index (χ0n) is 13.7. The van der Waals surface area contributed by atoms with Gasteiger partial charge in [0.25, 0.3) is 5.69 Å². The van der Waals surface area contributed by atoms with E-state index in [2.05, 4.69) is 11.9 Å². The van der Waals surface area contributed by atoms with Crippen LogP contribution in [0.2, 0.25) is 0 Å². The molecule has 0 amide bonds. The average molecular weight is 341 g/mol. The van der Waals surface area contributed by atoms with Gasteiger partial charge in [0.15, 0.2) is 9.84 Å². The Morgan fingerprint density at radius 3 is 2.70 bits per heavy atom. The summed E-state index contributed by atoms with van der Waals surface area (Å²) in [5.41, 5.74) is 0.311. The molecule has 1 aromatic rings. The van der Waals surface area contributed by atoms with Crippen LogP contribution in [0, 0.1) is 16.0 Å². The highest BCUT2D eigenvalue weighted by Crippen LogP contribution is 2.30. The number of hydrogen-bond acceptors (Lipinski definition) is 6. The smallest absolute Gasteiger partial charge is 0.270 e. The predicted molar refractivity (Wildman–Crippen MR) is 89.7 cm³/mol. The highest BCUT2D eigenvalue weighted by Gasteiger charge is 2.23. The van der Waals surface area contributed by atoms with E-state index in [4.69, 9.17) is 0 Å². The van der Waals surface area contributed by atoms with E-state index < -0.39 is 14.8 Å². The Kier molecular flexibility index (Phi) is 5.26. The summed E-state index contributed by atoms with van der Waals surface area (Å²) in [7, 11) is 0.378. The Balaban J connectivity index is 2.28. The van der Waals surface area contributed by atoms with E-state index in [9.17, 15) is 18.5 Å². The SMILES string of the molecule is CN1CCCC(CN(C)c2ccc([N+](=O)[O-])cc2S(C)(=O)=O)C1. The molecule has 0 radical (unpaired) electrons. The van der Waals surface area contributed by atoms with Crippen molar-refractivity contribution in [2.75, 3.05) is 44.9 Å². The molecule has 1 heterocycles. The van der Waals surface area contributed by atoms with Crippen LogP contribution in [0.4, 0.5) is 11.4 Å². The fraction of sp³-hybridized carbons (Fsp3) is 0.600. The maximum atomic E-state index is 12.0. The number of benzene rings is 1. The zero-order valence-corrected chi connectivity index (χ0v) is 14.5. The molecule has 1 saturated heterocycles. The lowest BCUT2D eigenvalue weighted by Crippen LogP contribution is -2.38. The van der Waals surface area contributed by atoms with Crippen molar-refractivity contribution in [1.82, 2.24) is 4.90 Å². The second-order valence-corrected chi connectivity index (χ2v) is 8.32. The number of rotatable bonds is 5. The summed E-state index contributed by atoms with van der Waals surface area (Å²) < 4.78 is 24.0. The van der Waals surface area contributed by atoms with Crippen LogP contribution in [-0.2, 0) is 9.84 Å². The van der Waals surface area contributed by atoms with Crippen molar-refractivity contribution in [2.45, 2.75) is 17.7 Å². The van der Waals surface area contributed by atoms with E-state index in [1.54, 1.807) is 0 Å². The second-order valence-electron chi connectivity index (χ2n) is 6.33. The van der Waals surface area contributed by atoms with Crippen LogP contribution in [0.15, 0.2) is 23.1 Å². The maximum Gasteiger partial charge on any atom is 0.270 e. The monoisotopic (exact) mass is 341 g/mol. The van der Waals surface area contributed by atoms with Gasteiger partial charge in [-0.1, -0.05) is 0 Å². The summed E-state index contributed by atoms with van der Waals surface area (Å²) in [5, 5.41) is 10.9. The Morgan fingerprint density at radius 1 is 1.43 bits per heavy atom. The summed E-state index contributed by atoms with van der Waals surface area (Å²) >= 11 is 0. The zero-order chi connectivity index (χ0) is 17.2. The molecule has 0 saturated carbocycles. The van der Waals surface area contributed by atoms with Crippen molar-refractivity contribution in [3.05, 3.63) is 28.3 Å². The predicted octanol–water partition coefficient (Wildman–Crippen LogP) is 1.78. The highest BCUT2D eigenvalue weighted by molar-refractivity contribution is 7.90. The lowest BCUT2D eigenvalue weighted by Gasteiger charge is -2.33. The van der Waals surface area contributed by atoms with Gasteiger partial charge in [0.2, 0.25) is 0 Å². The van der Waals surface area contributed by atoms with E-state index in [-0.39, 0.29) is 10.6 Å². The minimum Gasteiger partial charge on any atom is -0.373 e. The van der Waals surface area contributed by atoms with E-state index in [0.29, 0.717) is 11.6 Å². The van der Waals surface area contributed by atoms with Gasteiger partial charge in [-0.25, -0.2) is 8.42 Å². The number of hydrogen-bond donors (Lipinski definition) is 0. The van der Waals surface area contributed by atoms with Crippen LogP contribution >= 0.6 is 0 Å². The molecule has 128 valence electrons. The normalized spacial score (nSPS) is 19.5. The third kappa shape index (κ3) is 4.42. The van der Waals surface area contributed by atoms with Gasteiger partial charge in [0.05, 0.1) is 15.5 Å². The molecule has 2 rings (SSSR count). The molecule has 0 aromatic heterocycles. The van der Waals surface area contributed by atoms with Crippen LogP contribution in [0.5, 0.6) is 0 Å². The summed E-state index contributed by atoms with van der Waals surface area (Å²) in [6, 6.07) is 4.03. The van der Waals surface area contributed by atoms with Gasteiger partial charge < -0.3 is 9.80 Å². The second kappa shape index (κ2) is 6.84. The minimum atomic E-state index is -3.54. The Labute approximate surface area is 137 Å². The molecule has 1 unspecified atom stereocenters. The first-order valence-corrected chi connectivity index (χ1v) is 9.46. The van der Waals surface area contributed by atoms with Crippen LogP contribution in [0.1, 0.15) is 12.8 Å². The lowest BCUT2D eigenvalue weighted by molar-refractivity contribution is -0.385. The van der Waals surface area contributed by atoms with Crippen molar-refractivity contribution in [3.63, 3.8) is 0 Å². The van der Waals surface area contributed by atoms with E-state index in [1.807, 2.05) is 11.9 Å². The number of nitro groups is 1. The van der Waals surface area contributed by atoms with E-state index in [0.717, 1.165) is 44.8 Å². The largest absolute Gasteiger partial charge is 0.373 e. The number of non-ortho nitro benzene ring substituents is 1. The molecule has 1 aromatic carbocycles. The lowest BCUT2D eigenvalue weighted by atomic mass is 9.98. The van der Waals surface area contributed by atoms with E-state index >= 15 is 0 Å². The van der Waals surface area contributed by atoms with Crippen LogP contribution in [-0.4, -0.2) is 58.2 Å². The Hall–Kier alpha value is -1.67. The summed E-state index contributed by atoms with van der Waals surface area (Å²) in [4.78, 5) is 14.5. The Morgan fingerprint density at radius 2 is 2.13 bits per heavy atom. The van der Waals surface area contributed by atoms with Crippen molar-refractivity contribution >= 4 is 21.2 Å². The Bertz CT molecular complexity index is 690. The molecule has 1 aliphatic rings. The number of nitrogens with zero attached hydrogens (tertiary/aromatic N) is 3. The summed E-state index contributed by atoms with van der Waals surface area (Å²) in [6.07, 6.45) is 3.32. The first-order chi connectivity index (χ1) is 10.7. The third-order valence-electron chi connectivity index (χ3n) is 4.22. The van der Waals surface area contributed by atoms with Gasteiger partial charge in [-0.3, -0.25) is 10.1 Å². The number of nitro benzene ring substituents is 1. The summed E-state index contributed by atoms with van der Waals surface area (Å²) in [6.45, 7) is 2.79. The molecular formula is C15H23N3O4S. The standard InChI is InChI=1S/C15H23N3O4S/c1-16-8-4-5-12(10-16)11-17(2)14-7-6-13(18(19)20)9-15(14)23(3,21)22/h6-7,9,12H,4-5,8,10-11H2,1-3H3. The van der Waals surface area contributed by atoms with Crippen molar-refractivity contribution in [3.8, 4) is 0 Å². The first-order valence-electron chi connectivity index (χ1n) is 7.56. The van der Waals surface area contributed by atoms with Crippen molar-refractivity contribution in [1.29, 1.82) is 0 Å².